The molecule has 1 heterocycles. The van der Waals surface area contributed by atoms with E-state index in [9.17, 15) is 0 Å². The third-order valence-corrected chi connectivity index (χ3v) is 2.63. The molecule has 0 radical (unpaired) electrons. The van der Waals surface area contributed by atoms with Gasteiger partial charge in [-0.3, -0.25) is 0 Å². The number of allylic oxidation sites excluding steroid dienone is 4. The maximum atomic E-state index is 5.89. The average Bonchev–Trinajstić information content (AvgIpc) is 2.51. The standard InChI is InChI=1S/C11H17BO2/c1-9-8-11(2,3)14-12(13-9)10-6-4-5-7-10/h4,6-7,9H,5,8H2,1-3H3. The Morgan fingerprint density at radius 2 is 2.29 bits per heavy atom. The summed E-state index contributed by atoms with van der Waals surface area (Å²) < 4.78 is 11.7. The smallest absolute Gasteiger partial charge is 0.405 e. The van der Waals surface area contributed by atoms with E-state index >= 15 is 0 Å². The summed E-state index contributed by atoms with van der Waals surface area (Å²) in [6, 6.07) is 0. The highest BCUT2D eigenvalue weighted by molar-refractivity contribution is 6.55. The molecule has 1 atom stereocenters. The molecule has 0 aromatic carbocycles. The Morgan fingerprint density at radius 3 is 2.86 bits per heavy atom. The Kier molecular flexibility index (Phi) is 2.54. The lowest BCUT2D eigenvalue weighted by Crippen LogP contribution is -2.46. The molecule has 0 aromatic heterocycles. The molecule has 0 saturated carbocycles. The summed E-state index contributed by atoms with van der Waals surface area (Å²) in [6.07, 6.45) is 8.64. The molecule has 3 heteroatoms. The van der Waals surface area contributed by atoms with Crippen LogP contribution in [0.4, 0.5) is 0 Å². The molecule has 2 rings (SSSR count). The molecule has 0 amide bonds. The zero-order valence-corrected chi connectivity index (χ0v) is 9.12. The summed E-state index contributed by atoms with van der Waals surface area (Å²) in [5.74, 6) is 0. The van der Waals surface area contributed by atoms with E-state index in [0.29, 0.717) is 0 Å². The van der Waals surface area contributed by atoms with Crippen LogP contribution in [-0.2, 0) is 9.31 Å². The number of rotatable bonds is 1. The third-order valence-electron chi connectivity index (χ3n) is 2.63. The zero-order chi connectivity index (χ0) is 10.2. The highest BCUT2D eigenvalue weighted by Crippen LogP contribution is 2.29. The normalized spacial score (nSPS) is 30.6. The van der Waals surface area contributed by atoms with Gasteiger partial charge in [-0.15, -0.1) is 0 Å². The second-order valence-corrected chi connectivity index (χ2v) is 4.70. The van der Waals surface area contributed by atoms with E-state index in [-0.39, 0.29) is 18.8 Å². The molecular formula is C11H17BO2. The van der Waals surface area contributed by atoms with Gasteiger partial charge in [0, 0.05) is 6.10 Å². The van der Waals surface area contributed by atoms with Crippen LogP contribution in [0.1, 0.15) is 33.6 Å². The first-order valence-electron chi connectivity index (χ1n) is 5.27. The van der Waals surface area contributed by atoms with Crippen LogP contribution in [0.25, 0.3) is 0 Å². The highest BCUT2D eigenvalue weighted by atomic mass is 16.6. The molecule has 1 aliphatic carbocycles. The maximum absolute atomic E-state index is 5.89. The Labute approximate surface area is 86.1 Å². The number of hydrogen-bond acceptors (Lipinski definition) is 2. The van der Waals surface area contributed by atoms with E-state index < -0.39 is 0 Å². The van der Waals surface area contributed by atoms with Crippen molar-refractivity contribution in [3.8, 4) is 0 Å². The minimum atomic E-state index is -0.160. The molecule has 1 aliphatic heterocycles. The largest absolute Gasteiger partial charge is 0.494 e. The first-order valence-corrected chi connectivity index (χ1v) is 5.27. The van der Waals surface area contributed by atoms with E-state index in [1.54, 1.807) is 0 Å². The topological polar surface area (TPSA) is 18.5 Å². The van der Waals surface area contributed by atoms with Gasteiger partial charge in [0.15, 0.2) is 0 Å². The van der Waals surface area contributed by atoms with E-state index in [0.717, 1.165) is 12.8 Å². The van der Waals surface area contributed by atoms with Crippen LogP contribution in [0, 0.1) is 0 Å². The summed E-state index contributed by atoms with van der Waals surface area (Å²) >= 11 is 0. The van der Waals surface area contributed by atoms with E-state index in [2.05, 4.69) is 39.0 Å². The second kappa shape index (κ2) is 3.56. The van der Waals surface area contributed by atoms with Crippen LogP contribution in [-0.4, -0.2) is 18.8 Å². The van der Waals surface area contributed by atoms with E-state index in [1.165, 1.54) is 5.47 Å². The number of hydrogen-bond donors (Lipinski definition) is 0. The average molecular weight is 192 g/mol. The van der Waals surface area contributed by atoms with Gasteiger partial charge in [-0.2, -0.15) is 0 Å². The quantitative estimate of drug-likeness (QED) is 0.594. The van der Waals surface area contributed by atoms with E-state index in [1.807, 2.05) is 0 Å². The van der Waals surface area contributed by atoms with Crippen molar-refractivity contribution in [1.29, 1.82) is 0 Å². The first kappa shape index (κ1) is 10.00. The van der Waals surface area contributed by atoms with Gasteiger partial charge in [-0.1, -0.05) is 18.2 Å². The fourth-order valence-corrected chi connectivity index (χ4v) is 2.11. The van der Waals surface area contributed by atoms with Crippen LogP contribution >= 0.6 is 0 Å². The molecule has 2 aliphatic rings. The van der Waals surface area contributed by atoms with Gasteiger partial charge in [0.25, 0.3) is 0 Å². The third kappa shape index (κ3) is 2.10. The minimum absolute atomic E-state index is 0.0698. The molecule has 1 saturated heterocycles. The Morgan fingerprint density at radius 1 is 1.50 bits per heavy atom. The monoisotopic (exact) mass is 192 g/mol. The first-order chi connectivity index (χ1) is 6.57. The SMILES string of the molecule is CC1CC(C)(C)OB(C2=CCC=C2)O1. The lowest BCUT2D eigenvalue weighted by Gasteiger charge is -2.38. The van der Waals surface area contributed by atoms with Crippen molar-refractivity contribution in [2.75, 3.05) is 0 Å². The van der Waals surface area contributed by atoms with Crippen molar-refractivity contribution >= 4 is 7.12 Å². The summed E-state index contributed by atoms with van der Waals surface area (Å²) in [4.78, 5) is 0. The van der Waals surface area contributed by atoms with Crippen LogP contribution in [0.5, 0.6) is 0 Å². The lowest BCUT2D eigenvalue weighted by atomic mass is 9.75. The molecule has 0 aromatic rings. The van der Waals surface area contributed by atoms with Crippen LogP contribution in [0.15, 0.2) is 23.7 Å². The molecule has 1 fully saturated rings. The Balaban J connectivity index is 2.09. The minimum Gasteiger partial charge on any atom is -0.405 e. The predicted molar refractivity (Wildman–Crippen MR) is 57.9 cm³/mol. The summed E-state index contributed by atoms with van der Waals surface area (Å²) in [5, 5.41) is 0. The summed E-state index contributed by atoms with van der Waals surface area (Å²) in [6.45, 7) is 6.35. The fourth-order valence-electron chi connectivity index (χ4n) is 2.11. The summed E-state index contributed by atoms with van der Waals surface area (Å²) in [7, 11) is -0.160. The van der Waals surface area contributed by atoms with Crippen molar-refractivity contribution in [1.82, 2.24) is 0 Å². The van der Waals surface area contributed by atoms with Crippen molar-refractivity contribution in [2.45, 2.75) is 45.3 Å². The van der Waals surface area contributed by atoms with Gasteiger partial charge in [0.05, 0.1) is 5.60 Å². The van der Waals surface area contributed by atoms with Gasteiger partial charge >= 0.3 is 7.12 Å². The Hall–Kier alpha value is -0.535. The molecule has 0 spiro atoms. The van der Waals surface area contributed by atoms with Crippen molar-refractivity contribution in [2.24, 2.45) is 0 Å². The molecule has 14 heavy (non-hydrogen) atoms. The molecule has 2 nitrogen and oxygen atoms in total. The summed E-state index contributed by atoms with van der Waals surface area (Å²) in [5.41, 5.74) is 1.10. The van der Waals surface area contributed by atoms with Gasteiger partial charge in [0.1, 0.15) is 0 Å². The molecular weight excluding hydrogens is 175 g/mol. The highest BCUT2D eigenvalue weighted by Gasteiger charge is 2.38. The second-order valence-electron chi connectivity index (χ2n) is 4.70. The van der Waals surface area contributed by atoms with Crippen LogP contribution < -0.4 is 0 Å². The van der Waals surface area contributed by atoms with Crippen molar-refractivity contribution in [3.05, 3.63) is 23.7 Å². The Bertz CT molecular complexity index is 281. The van der Waals surface area contributed by atoms with Crippen LogP contribution in [0.3, 0.4) is 0 Å². The molecule has 1 unspecified atom stereocenters. The van der Waals surface area contributed by atoms with Gasteiger partial charge in [0.2, 0.25) is 0 Å². The zero-order valence-electron chi connectivity index (χ0n) is 9.12. The van der Waals surface area contributed by atoms with E-state index in [4.69, 9.17) is 9.31 Å². The predicted octanol–water partition coefficient (Wildman–Crippen LogP) is 2.50. The maximum Gasteiger partial charge on any atom is 0.494 e. The van der Waals surface area contributed by atoms with Gasteiger partial charge < -0.3 is 9.31 Å². The van der Waals surface area contributed by atoms with Crippen LogP contribution in [0.2, 0.25) is 0 Å². The lowest BCUT2D eigenvalue weighted by molar-refractivity contribution is -0.0246. The molecule has 76 valence electrons. The van der Waals surface area contributed by atoms with Gasteiger partial charge in [-0.25, -0.2) is 0 Å². The molecule has 0 bridgehead atoms. The van der Waals surface area contributed by atoms with Crippen molar-refractivity contribution < 1.29 is 9.31 Å². The van der Waals surface area contributed by atoms with Crippen molar-refractivity contribution in [3.63, 3.8) is 0 Å². The molecule has 0 N–H and O–H groups in total. The van der Waals surface area contributed by atoms with Gasteiger partial charge in [-0.05, 0) is 39.1 Å². The fraction of sp³-hybridized carbons (Fsp3) is 0.636.